The van der Waals surface area contributed by atoms with Crippen LogP contribution in [0.25, 0.3) is 5.69 Å². The molecule has 2 heterocycles. The summed E-state index contributed by atoms with van der Waals surface area (Å²) in [7, 11) is 1.52. The number of ether oxygens (including phenoxy) is 1. The van der Waals surface area contributed by atoms with Crippen molar-refractivity contribution < 1.29 is 23.5 Å². The Bertz CT molecular complexity index is 1000. The van der Waals surface area contributed by atoms with Gasteiger partial charge < -0.3 is 14.5 Å². The smallest absolute Gasteiger partial charge is 0.309 e. The highest BCUT2D eigenvalue weighted by Gasteiger charge is 2.30. The van der Waals surface area contributed by atoms with Crippen molar-refractivity contribution in [3.8, 4) is 5.69 Å². The lowest BCUT2D eigenvalue weighted by Crippen LogP contribution is -2.45. The zero-order valence-electron chi connectivity index (χ0n) is 18.3. The molecule has 32 heavy (non-hydrogen) atoms. The Morgan fingerprint density at radius 3 is 2.44 bits per heavy atom. The number of rotatable bonds is 6. The first kappa shape index (κ1) is 23.7. The molecule has 2 aromatic rings. The molecule has 0 unspecified atom stereocenters. The molecule has 0 saturated carbocycles. The average Bonchev–Trinajstić information content (AvgIpc) is 3.07. The van der Waals surface area contributed by atoms with E-state index in [1.807, 2.05) is 0 Å². The summed E-state index contributed by atoms with van der Waals surface area (Å²) in [5, 5.41) is 4.39. The van der Waals surface area contributed by atoms with Crippen LogP contribution in [0.2, 0.25) is 5.15 Å². The fraction of sp³-hybridized carbons (Fsp3) is 0.455. The summed E-state index contributed by atoms with van der Waals surface area (Å²) in [6, 6.07) is 5.57. The van der Waals surface area contributed by atoms with E-state index < -0.39 is 11.7 Å². The van der Waals surface area contributed by atoms with Crippen molar-refractivity contribution in [1.82, 2.24) is 19.6 Å². The van der Waals surface area contributed by atoms with Crippen molar-refractivity contribution in [1.29, 1.82) is 0 Å². The van der Waals surface area contributed by atoms with E-state index in [1.54, 1.807) is 18.7 Å². The van der Waals surface area contributed by atoms with Gasteiger partial charge in [-0.3, -0.25) is 14.4 Å². The summed E-state index contributed by atoms with van der Waals surface area (Å²) in [6.45, 7) is 4.50. The van der Waals surface area contributed by atoms with Crippen molar-refractivity contribution >= 4 is 29.4 Å². The van der Waals surface area contributed by atoms with Crippen LogP contribution in [0.4, 0.5) is 4.39 Å². The van der Waals surface area contributed by atoms with Gasteiger partial charge in [-0.05, 0) is 51.0 Å². The van der Waals surface area contributed by atoms with Gasteiger partial charge in [0.25, 0.3) is 5.91 Å². The summed E-state index contributed by atoms with van der Waals surface area (Å²) in [5.74, 6) is -1.46. The fourth-order valence-electron chi connectivity index (χ4n) is 3.69. The number of likely N-dealkylation sites (tertiary alicyclic amines) is 1. The third kappa shape index (κ3) is 5.09. The monoisotopic (exact) mass is 464 g/mol. The number of hydrogen-bond acceptors (Lipinski definition) is 5. The average molecular weight is 465 g/mol. The molecule has 0 radical (unpaired) electrons. The SMILES string of the molecule is CCOC(=O)C1CCN(C(=O)CN(C)C(=O)c2c(C)nn(-c3ccc(F)cc3)c2Cl)CC1. The van der Waals surface area contributed by atoms with Crippen LogP contribution in [0.5, 0.6) is 0 Å². The molecule has 1 aromatic carbocycles. The maximum absolute atomic E-state index is 13.2. The van der Waals surface area contributed by atoms with Crippen molar-refractivity contribution in [2.24, 2.45) is 5.92 Å². The number of carbonyl (C=O) groups excluding carboxylic acids is 3. The van der Waals surface area contributed by atoms with Crippen molar-refractivity contribution in [3.63, 3.8) is 0 Å². The zero-order valence-corrected chi connectivity index (χ0v) is 19.1. The van der Waals surface area contributed by atoms with E-state index in [9.17, 15) is 18.8 Å². The van der Waals surface area contributed by atoms with E-state index in [2.05, 4.69) is 5.10 Å². The molecule has 1 aliphatic heterocycles. The first-order valence-corrected chi connectivity index (χ1v) is 10.8. The second-order valence-electron chi connectivity index (χ2n) is 7.71. The molecule has 1 fully saturated rings. The normalized spacial score (nSPS) is 14.3. The van der Waals surface area contributed by atoms with Gasteiger partial charge in [-0.2, -0.15) is 5.10 Å². The second-order valence-corrected chi connectivity index (χ2v) is 8.07. The molecule has 0 spiro atoms. The molecular formula is C22H26ClFN4O4. The zero-order chi connectivity index (χ0) is 23.4. The highest BCUT2D eigenvalue weighted by Crippen LogP contribution is 2.25. The van der Waals surface area contributed by atoms with Gasteiger partial charge in [-0.1, -0.05) is 11.6 Å². The quantitative estimate of drug-likeness (QED) is 0.614. The summed E-state index contributed by atoms with van der Waals surface area (Å²) >= 11 is 6.42. The summed E-state index contributed by atoms with van der Waals surface area (Å²) in [4.78, 5) is 40.5. The van der Waals surface area contributed by atoms with Gasteiger partial charge in [-0.15, -0.1) is 0 Å². The number of amides is 2. The minimum absolute atomic E-state index is 0.0914. The minimum Gasteiger partial charge on any atom is -0.466 e. The van der Waals surface area contributed by atoms with Crippen molar-refractivity contribution in [2.75, 3.05) is 33.3 Å². The number of nitrogens with zero attached hydrogens (tertiary/aromatic N) is 4. The van der Waals surface area contributed by atoms with Gasteiger partial charge in [0.15, 0.2) is 0 Å². The van der Waals surface area contributed by atoms with Gasteiger partial charge in [0.2, 0.25) is 5.91 Å². The van der Waals surface area contributed by atoms with E-state index in [0.29, 0.717) is 43.9 Å². The molecular weight excluding hydrogens is 439 g/mol. The molecule has 10 heteroatoms. The molecule has 8 nitrogen and oxygen atoms in total. The molecule has 1 saturated heterocycles. The lowest BCUT2D eigenvalue weighted by atomic mass is 9.97. The number of aromatic nitrogens is 2. The first-order chi connectivity index (χ1) is 15.2. The van der Waals surface area contributed by atoms with E-state index >= 15 is 0 Å². The Hall–Kier alpha value is -2.94. The maximum atomic E-state index is 13.2. The molecule has 2 amide bonds. The molecule has 1 aliphatic rings. The van der Waals surface area contributed by atoms with Gasteiger partial charge in [0.05, 0.1) is 36.0 Å². The molecule has 1 aromatic heterocycles. The van der Waals surface area contributed by atoms with Gasteiger partial charge in [0.1, 0.15) is 11.0 Å². The Kier molecular flexibility index (Phi) is 7.50. The number of carbonyl (C=O) groups is 3. The third-order valence-electron chi connectivity index (χ3n) is 5.48. The first-order valence-electron chi connectivity index (χ1n) is 10.4. The number of benzene rings is 1. The lowest BCUT2D eigenvalue weighted by molar-refractivity contribution is -0.151. The van der Waals surface area contributed by atoms with Gasteiger partial charge in [-0.25, -0.2) is 9.07 Å². The molecule has 0 atom stereocenters. The van der Waals surface area contributed by atoms with Crippen LogP contribution in [-0.4, -0.2) is 70.7 Å². The lowest BCUT2D eigenvalue weighted by Gasteiger charge is -2.32. The second kappa shape index (κ2) is 10.1. The number of likely N-dealkylation sites (N-methyl/N-ethyl adjacent to an activating group) is 1. The van der Waals surface area contributed by atoms with Gasteiger partial charge in [0, 0.05) is 20.1 Å². The minimum atomic E-state index is -0.435. The number of halogens is 2. The number of esters is 1. The van der Waals surface area contributed by atoms with E-state index in [1.165, 1.54) is 40.9 Å². The van der Waals surface area contributed by atoms with Crippen LogP contribution in [0.3, 0.4) is 0 Å². The van der Waals surface area contributed by atoms with Gasteiger partial charge >= 0.3 is 5.97 Å². The van der Waals surface area contributed by atoms with Crippen molar-refractivity contribution in [2.45, 2.75) is 26.7 Å². The molecule has 0 N–H and O–H groups in total. The van der Waals surface area contributed by atoms with Crippen LogP contribution in [0.15, 0.2) is 24.3 Å². The molecule has 3 rings (SSSR count). The van der Waals surface area contributed by atoms with Crippen molar-refractivity contribution in [3.05, 3.63) is 46.5 Å². The highest BCUT2D eigenvalue weighted by atomic mass is 35.5. The van der Waals surface area contributed by atoms with Crippen LogP contribution in [0.1, 0.15) is 35.8 Å². The number of piperidine rings is 1. The summed E-state index contributed by atoms with van der Waals surface area (Å²) in [6.07, 6.45) is 1.08. The van der Waals surface area contributed by atoms with E-state index in [-0.39, 0.29) is 35.1 Å². The van der Waals surface area contributed by atoms with E-state index in [0.717, 1.165) is 0 Å². The maximum Gasteiger partial charge on any atom is 0.309 e. The van der Waals surface area contributed by atoms with Crippen LogP contribution < -0.4 is 0 Å². The highest BCUT2D eigenvalue weighted by molar-refractivity contribution is 6.33. The standard InChI is InChI=1S/C22H26ClFN4O4/c1-4-32-22(31)15-9-11-27(12-10-15)18(29)13-26(3)21(30)19-14(2)25-28(20(19)23)17-7-5-16(24)6-8-17/h5-8,15H,4,9-13H2,1-3H3. The largest absolute Gasteiger partial charge is 0.466 e. The Balaban J connectivity index is 1.64. The Morgan fingerprint density at radius 1 is 1.22 bits per heavy atom. The number of aryl methyl sites for hydroxylation is 1. The predicted octanol–water partition coefficient (Wildman–Crippen LogP) is 2.85. The van der Waals surface area contributed by atoms with Crippen LogP contribution in [0, 0.1) is 18.7 Å². The fourth-order valence-corrected chi connectivity index (χ4v) is 4.04. The summed E-state index contributed by atoms with van der Waals surface area (Å²) < 4.78 is 19.6. The topological polar surface area (TPSA) is 84.7 Å². The Labute approximate surface area is 190 Å². The number of hydrogen-bond donors (Lipinski definition) is 0. The third-order valence-corrected chi connectivity index (χ3v) is 5.82. The predicted molar refractivity (Wildman–Crippen MR) is 116 cm³/mol. The molecule has 172 valence electrons. The molecule has 0 aliphatic carbocycles. The molecule has 0 bridgehead atoms. The summed E-state index contributed by atoms with van der Waals surface area (Å²) in [5.41, 5.74) is 1.10. The van der Waals surface area contributed by atoms with Crippen LogP contribution >= 0.6 is 11.6 Å². The van der Waals surface area contributed by atoms with Crippen LogP contribution in [-0.2, 0) is 14.3 Å². The Morgan fingerprint density at radius 2 is 1.84 bits per heavy atom. The van der Waals surface area contributed by atoms with E-state index in [4.69, 9.17) is 16.3 Å².